The first kappa shape index (κ1) is 22.5. The van der Waals surface area contributed by atoms with Crippen LogP contribution in [0.25, 0.3) is 16.9 Å². The quantitative estimate of drug-likeness (QED) is 0.426. The number of para-hydroxylation sites is 1. The fraction of sp³-hybridized carbons (Fsp3) is 0.222. The highest BCUT2D eigenvalue weighted by atomic mass is 16.5. The Bertz CT molecular complexity index is 1300. The molecule has 0 spiro atoms. The second kappa shape index (κ2) is 9.89. The number of benzene rings is 2. The lowest BCUT2D eigenvalue weighted by molar-refractivity contribution is 0.0747. The molecule has 178 valence electrons. The Balaban J connectivity index is 1.47. The standard InChI is InChI=1S/C27H27N5O3/c1-34-23-12-11-20(18-24(23)35-2)26-22(19-32(29-26)21-8-4-3-5-9-21)27(33)31-16-14-30(15-17-31)25-10-6-7-13-28-25/h3-13,18-19H,14-17H2,1-2H3. The topological polar surface area (TPSA) is 72.7 Å². The van der Waals surface area contributed by atoms with Crippen LogP contribution in [-0.4, -0.2) is 66.0 Å². The Hall–Kier alpha value is -4.33. The average molecular weight is 470 g/mol. The maximum atomic E-state index is 13.7. The van der Waals surface area contributed by atoms with Crippen LogP contribution in [-0.2, 0) is 0 Å². The molecule has 1 saturated heterocycles. The van der Waals surface area contributed by atoms with E-state index in [1.54, 1.807) is 25.1 Å². The molecule has 1 amide bonds. The summed E-state index contributed by atoms with van der Waals surface area (Å²) >= 11 is 0. The van der Waals surface area contributed by atoms with Gasteiger partial charge in [0.2, 0.25) is 0 Å². The number of methoxy groups -OCH3 is 2. The normalized spacial score (nSPS) is 13.5. The van der Waals surface area contributed by atoms with Crippen LogP contribution < -0.4 is 14.4 Å². The zero-order chi connectivity index (χ0) is 24.2. The lowest BCUT2D eigenvalue weighted by Gasteiger charge is -2.35. The molecule has 3 heterocycles. The Labute approximate surface area is 204 Å². The molecule has 2 aromatic heterocycles. The number of piperazine rings is 1. The van der Waals surface area contributed by atoms with Gasteiger partial charge in [-0.05, 0) is 42.5 Å². The Morgan fingerprint density at radius 2 is 1.60 bits per heavy atom. The summed E-state index contributed by atoms with van der Waals surface area (Å²) in [5.41, 5.74) is 2.82. The van der Waals surface area contributed by atoms with Gasteiger partial charge in [-0.15, -0.1) is 0 Å². The number of hydrogen-bond donors (Lipinski definition) is 0. The van der Waals surface area contributed by atoms with Crippen molar-refractivity contribution >= 4 is 11.7 Å². The van der Waals surface area contributed by atoms with Crippen molar-refractivity contribution in [3.05, 3.63) is 84.7 Å². The minimum Gasteiger partial charge on any atom is -0.493 e. The molecular formula is C27H27N5O3. The Kier molecular flexibility index (Phi) is 6.34. The summed E-state index contributed by atoms with van der Waals surface area (Å²) < 4.78 is 12.6. The number of amides is 1. The highest BCUT2D eigenvalue weighted by Gasteiger charge is 2.27. The van der Waals surface area contributed by atoms with Gasteiger partial charge in [0.15, 0.2) is 11.5 Å². The summed E-state index contributed by atoms with van der Waals surface area (Å²) in [4.78, 5) is 22.3. The lowest BCUT2D eigenvalue weighted by atomic mass is 10.1. The van der Waals surface area contributed by atoms with E-state index < -0.39 is 0 Å². The number of hydrogen-bond acceptors (Lipinski definition) is 6. The van der Waals surface area contributed by atoms with Crippen LogP contribution in [0.1, 0.15) is 10.4 Å². The molecule has 0 aliphatic carbocycles. The van der Waals surface area contributed by atoms with Gasteiger partial charge >= 0.3 is 0 Å². The minimum atomic E-state index is -0.0439. The van der Waals surface area contributed by atoms with Crippen molar-refractivity contribution in [1.29, 1.82) is 0 Å². The van der Waals surface area contributed by atoms with Crippen LogP contribution >= 0.6 is 0 Å². The molecule has 5 rings (SSSR count). The molecule has 2 aromatic carbocycles. The number of aromatic nitrogens is 3. The van der Waals surface area contributed by atoms with Gasteiger partial charge in [-0.3, -0.25) is 4.79 Å². The second-order valence-corrected chi connectivity index (χ2v) is 8.21. The summed E-state index contributed by atoms with van der Waals surface area (Å²) in [7, 11) is 3.19. The molecule has 1 aliphatic rings. The summed E-state index contributed by atoms with van der Waals surface area (Å²) in [5, 5.41) is 4.81. The van der Waals surface area contributed by atoms with Crippen LogP contribution in [0.2, 0.25) is 0 Å². The van der Waals surface area contributed by atoms with Crippen LogP contribution in [0.15, 0.2) is 79.1 Å². The number of rotatable bonds is 6. The van der Waals surface area contributed by atoms with Gasteiger partial charge in [0.05, 0.1) is 25.5 Å². The van der Waals surface area contributed by atoms with E-state index in [0.717, 1.165) is 30.2 Å². The van der Waals surface area contributed by atoms with Crippen molar-refractivity contribution in [2.24, 2.45) is 0 Å². The van der Waals surface area contributed by atoms with Gasteiger partial charge in [0.1, 0.15) is 11.5 Å². The summed E-state index contributed by atoms with van der Waals surface area (Å²) in [6, 6.07) is 21.2. The zero-order valence-corrected chi connectivity index (χ0v) is 19.8. The van der Waals surface area contributed by atoms with Crippen molar-refractivity contribution in [2.45, 2.75) is 0 Å². The predicted molar refractivity (Wildman–Crippen MR) is 134 cm³/mol. The number of carbonyl (C=O) groups is 1. The van der Waals surface area contributed by atoms with E-state index in [-0.39, 0.29) is 5.91 Å². The number of pyridine rings is 1. The van der Waals surface area contributed by atoms with Gasteiger partial charge in [-0.1, -0.05) is 24.3 Å². The van der Waals surface area contributed by atoms with Crippen molar-refractivity contribution in [2.75, 3.05) is 45.3 Å². The molecule has 8 heteroatoms. The first-order chi connectivity index (χ1) is 17.2. The fourth-order valence-electron chi connectivity index (χ4n) is 4.29. The molecule has 1 aliphatic heterocycles. The second-order valence-electron chi connectivity index (χ2n) is 8.21. The molecular weight excluding hydrogens is 442 g/mol. The van der Waals surface area contributed by atoms with Crippen molar-refractivity contribution in [3.63, 3.8) is 0 Å². The average Bonchev–Trinajstić information content (AvgIpc) is 3.39. The SMILES string of the molecule is COc1ccc(-c2nn(-c3ccccc3)cc2C(=O)N2CCN(c3ccccn3)CC2)cc1OC. The summed E-state index contributed by atoms with van der Waals surface area (Å²) in [5.74, 6) is 2.10. The van der Waals surface area contributed by atoms with Gasteiger partial charge in [0, 0.05) is 44.1 Å². The lowest BCUT2D eigenvalue weighted by Crippen LogP contribution is -2.49. The third kappa shape index (κ3) is 4.55. The van der Waals surface area contributed by atoms with E-state index in [9.17, 15) is 4.79 Å². The number of anilines is 1. The molecule has 0 unspecified atom stereocenters. The molecule has 8 nitrogen and oxygen atoms in total. The Morgan fingerprint density at radius 1 is 0.857 bits per heavy atom. The molecule has 0 radical (unpaired) electrons. The molecule has 0 N–H and O–H groups in total. The molecule has 0 bridgehead atoms. The molecule has 4 aromatic rings. The van der Waals surface area contributed by atoms with E-state index >= 15 is 0 Å². The summed E-state index contributed by atoms with van der Waals surface area (Å²) in [6.45, 7) is 2.66. The highest BCUT2D eigenvalue weighted by Crippen LogP contribution is 2.34. The third-order valence-electron chi connectivity index (χ3n) is 6.16. The van der Waals surface area contributed by atoms with Crippen LogP contribution in [0.5, 0.6) is 11.5 Å². The highest BCUT2D eigenvalue weighted by molar-refractivity contribution is 6.00. The van der Waals surface area contributed by atoms with Crippen molar-refractivity contribution in [3.8, 4) is 28.4 Å². The van der Waals surface area contributed by atoms with Gasteiger partial charge in [0.25, 0.3) is 5.91 Å². The van der Waals surface area contributed by atoms with Crippen LogP contribution in [0.3, 0.4) is 0 Å². The maximum absolute atomic E-state index is 13.7. The molecule has 0 saturated carbocycles. The fourth-order valence-corrected chi connectivity index (χ4v) is 4.29. The Morgan fingerprint density at radius 3 is 2.29 bits per heavy atom. The van der Waals surface area contributed by atoms with Crippen molar-refractivity contribution < 1.29 is 14.3 Å². The summed E-state index contributed by atoms with van der Waals surface area (Å²) in [6.07, 6.45) is 3.61. The number of nitrogens with zero attached hydrogens (tertiary/aromatic N) is 5. The van der Waals surface area contributed by atoms with E-state index in [2.05, 4.69) is 9.88 Å². The molecule has 1 fully saturated rings. The smallest absolute Gasteiger partial charge is 0.257 e. The van der Waals surface area contributed by atoms with E-state index in [4.69, 9.17) is 14.6 Å². The van der Waals surface area contributed by atoms with Crippen LogP contribution in [0, 0.1) is 0 Å². The van der Waals surface area contributed by atoms with Crippen molar-refractivity contribution in [1.82, 2.24) is 19.7 Å². The van der Waals surface area contributed by atoms with Gasteiger partial charge < -0.3 is 19.3 Å². The van der Waals surface area contributed by atoms with E-state index in [1.807, 2.05) is 77.8 Å². The zero-order valence-electron chi connectivity index (χ0n) is 19.8. The third-order valence-corrected chi connectivity index (χ3v) is 6.16. The van der Waals surface area contributed by atoms with Crippen LogP contribution in [0.4, 0.5) is 5.82 Å². The van der Waals surface area contributed by atoms with Gasteiger partial charge in [-0.2, -0.15) is 5.10 Å². The maximum Gasteiger partial charge on any atom is 0.257 e. The molecule has 0 atom stereocenters. The minimum absolute atomic E-state index is 0.0439. The molecule has 35 heavy (non-hydrogen) atoms. The number of carbonyl (C=O) groups excluding carboxylic acids is 1. The van der Waals surface area contributed by atoms with Gasteiger partial charge in [-0.25, -0.2) is 9.67 Å². The van der Waals surface area contributed by atoms with E-state index in [0.29, 0.717) is 35.8 Å². The number of ether oxygens (including phenoxy) is 2. The first-order valence-electron chi connectivity index (χ1n) is 11.5. The first-order valence-corrected chi connectivity index (χ1v) is 11.5. The van der Waals surface area contributed by atoms with E-state index in [1.165, 1.54) is 0 Å². The monoisotopic (exact) mass is 469 g/mol. The largest absolute Gasteiger partial charge is 0.493 e. The predicted octanol–water partition coefficient (Wildman–Crippen LogP) is 3.91.